The van der Waals surface area contributed by atoms with Crippen LogP contribution in [-0.4, -0.2) is 82.7 Å². The summed E-state index contributed by atoms with van der Waals surface area (Å²) >= 11 is 12.2. The van der Waals surface area contributed by atoms with Gasteiger partial charge in [0.1, 0.15) is 6.04 Å². The van der Waals surface area contributed by atoms with E-state index in [4.69, 9.17) is 23.2 Å². The minimum absolute atomic E-state index is 0.191. The lowest BCUT2D eigenvalue weighted by Gasteiger charge is -2.32. The van der Waals surface area contributed by atoms with Crippen molar-refractivity contribution in [1.29, 1.82) is 0 Å². The van der Waals surface area contributed by atoms with Gasteiger partial charge in [0.25, 0.3) is 0 Å². The molecule has 1 heterocycles. The van der Waals surface area contributed by atoms with E-state index in [1.165, 1.54) is 19.1 Å². The van der Waals surface area contributed by atoms with Crippen LogP contribution in [0.1, 0.15) is 13.3 Å². The molecule has 1 saturated heterocycles. The number of anilines is 1. The molecule has 0 spiro atoms. The normalized spacial score (nSPS) is 17.3. The summed E-state index contributed by atoms with van der Waals surface area (Å²) in [5.41, 5.74) is 0.191. The summed E-state index contributed by atoms with van der Waals surface area (Å²) < 4.78 is 25.7. The Morgan fingerprint density at radius 3 is 2.50 bits per heavy atom. The van der Waals surface area contributed by atoms with Crippen molar-refractivity contribution in [3.8, 4) is 0 Å². The number of carbonyl (C=O) groups excluding carboxylic acids is 1. The Morgan fingerprint density at radius 2 is 1.89 bits per heavy atom. The van der Waals surface area contributed by atoms with Crippen molar-refractivity contribution >= 4 is 44.8 Å². The van der Waals surface area contributed by atoms with Gasteiger partial charge in [0.05, 0.1) is 17.0 Å². The second-order valence-corrected chi connectivity index (χ2v) is 9.82. The monoisotopic (exact) mass is 450 g/mol. The average Bonchev–Trinajstić information content (AvgIpc) is 2.62. The topological polar surface area (TPSA) is 73.0 Å². The lowest BCUT2D eigenvalue weighted by atomic mass is 10.2. The highest BCUT2D eigenvalue weighted by molar-refractivity contribution is 7.92. The maximum atomic E-state index is 12.6. The highest BCUT2D eigenvalue weighted by atomic mass is 35.5. The van der Waals surface area contributed by atoms with Crippen LogP contribution in [0.25, 0.3) is 0 Å². The Hall–Kier alpha value is -1.06. The van der Waals surface area contributed by atoms with Crippen molar-refractivity contribution in [2.24, 2.45) is 0 Å². The Kier molecular flexibility index (Phi) is 8.39. The number of piperazine rings is 1. The highest BCUT2D eigenvalue weighted by Crippen LogP contribution is 2.32. The zero-order chi connectivity index (χ0) is 20.9. The molecule has 28 heavy (non-hydrogen) atoms. The summed E-state index contributed by atoms with van der Waals surface area (Å²) in [7, 11) is -1.63. The number of carbonyl (C=O) groups is 1. The number of likely N-dealkylation sites (N-methyl/N-ethyl adjacent to an activating group) is 1. The van der Waals surface area contributed by atoms with E-state index in [1.54, 1.807) is 6.07 Å². The van der Waals surface area contributed by atoms with Gasteiger partial charge in [-0.1, -0.05) is 23.2 Å². The number of halogens is 2. The fourth-order valence-corrected chi connectivity index (χ4v) is 4.77. The second kappa shape index (κ2) is 10.1. The van der Waals surface area contributed by atoms with Crippen molar-refractivity contribution in [3.63, 3.8) is 0 Å². The van der Waals surface area contributed by atoms with Crippen LogP contribution in [-0.2, 0) is 14.8 Å². The fourth-order valence-electron chi connectivity index (χ4n) is 3.17. The first-order valence-corrected chi connectivity index (χ1v) is 11.8. The minimum atomic E-state index is -3.74. The van der Waals surface area contributed by atoms with Crippen LogP contribution in [0.4, 0.5) is 5.69 Å². The van der Waals surface area contributed by atoms with Crippen LogP contribution in [0.5, 0.6) is 0 Å². The standard InChI is InChI=1S/C18H28Cl2N4O3S/c1-14(18(25)21-7-4-8-23-11-9-22(2)10-12-23)24(28(3,26)27)17-13-15(19)5-6-16(17)20/h5-6,13-14H,4,7-12H2,1-3H3,(H,21,25). The smallest absolute Gasteiger partial charge is 0.243 e. The zero-order valence-corrected chi connectivity index (χ0v) is 18.8. The molecule has 0 aromatic heterocycles. The molecule has 1 aromatic carbocycles. The number of nitrogens with zero attached hydrogens (tertiary/aromatic N) is 3. The van der Waals surface area contributed by atoms with Crippen molar-refractivity contribution in [2.45, 2.75) is 19.4 Å². The van der Waals surface area contributed by atoms with E-state index < -0.39 is 16.1 Å². The molecule has 1 aliphatic heterocycles. The van der Waals surface area contributed by atoms with E-state index in [0.29, 0.717) is 11.6 Å². The van der Waals surface area contributed by atoms with Gasteiger partial charge >= 0.3 is 0 Å². The Morgan fingerprint density at radius 1 is 1.25 bits per heavy atom. The molecule has 1 N–H and O–H groups in total. The van der Waals surface area contributed by atoms with Gasteiger partial charge in [-0.15, -0.1) is 0 Å². The molecular formula is C18H28Cl2N4O3S. The number of benzene rings is 1. The zero-order valence-electron chi connectivity index (χ0n) is 16.5. The van der Waals surface area contributed by atoms with E-state index in [0.717, 1.165) is 49.7 Å². The SMILES string of the molecule is CC(C(=O)NCCCN1CCN(C)CC1)N(c1cc(Cl)ccc1Cl)S(C)(=O)=O. The van der Waals surface area contributed by atoms with Crippen LogP contribution >= 0.6 is 23.2 Å². The van der Waals surface area contributed by atoms with Crippen LogP contribution in [0.3, 0.4) is 0 Å². The Bertz CT molecular complexity index is 783. The molecule has 7 nitrogen and oxygen atoms in total. The molecule has 0 aliphatic carbocycles. The van der Waals surface area contributed by atoms with E-state index in [2.05, 4.69) is 22.2 Å². The lowest BCUT2D eigenvalue weighted by Crippen LogP contribution is -2.48. The molecule has 158 valence electrons. The van der Waals surface area contributed by atoms with Crippen molar-refractivity contribution in [2.75, 3.05) is 56.9 Å². The third kappa shape index (κ3) is 6.49. The maximum absolute atomic E-state index is 12.6. The molecule has 1 amide bonds. The third-order valence-corrected chi connectivity index (χ3v) is 6.56. The third-order valence-electron chi connectivity index (χ3n) is 4.78. The molecule has 1 aliphatic rings. The number of nitrogens with one attached hydrogen (secondary N) is 1. The number of sulfonamides is 1. The van der Waals surface area contributed by atoms with Crippen molar-refractivity contribution in [3.05, 3.63) is 28.2 Å². The number of rotatable bonds is 8. The molecule has 1 aromatic rings. The first-order chi connectivity index (χ1) is 13.1. The van der Waals surface area contributed by atoms with Crippen LogP contribution in [0.2, 0.25) is 10.0 Å². The summed E-state index contributed by atoms with van der Waals surface area (Å²) in [6.45, 7) is 7.06. The predicted molar refractivity (Wildman–Crippen MR) is 115 cm³/mol. The number of hydrogen-bond acceptors (Lipinski definition) is 5. The summed E-state index contributed by atoms with van der Waals surface area (Å²) in [6.07, 6.45) is 1.85. The van der Waals surface area contributed by atoms with E-state index in [-0.39, 0.29) is 16.6 Å². The van der Waals surface area contributed by atoms with Crippen LogP contribution in [0, 0.1) is 0 Å². The summed E-state index contributed by atoms with van der Waals surface area (Å²) in [6, 6.07) is 3.58. The van der Waals surface area contributed by atoms with Gasteiger partial charge in [-0.2, -0.15) is 0 Å². The van der Waals surface area contributed by atoms with Gasteiger partial charge < -0.3 is 15.1 Å². The molecule has 1 fully saturated rings. The highest BCUT2D eigenvalue weighted by Gasteiger charge is 2.30. The molecule has 10 heteroatoms. The quantitative estimate of drug-likeness (QED) is 0.612. The van der Waals surface area contributed by atoms with Crippen LogP contribution < -0.4 is 9.62 Å². The van der Waals surface area contributed by atoms with Gasteiger partial charge in [-0.25, -0.2) is 8.42 Å². The largest absolute Gasteiger partial charge is 0.354 e. The number of hydrogen-bond donors (Lipinski definition) is 1. The molecule has 0 saturated carbocycles. The van der Waals surface area contributed by atoms with E-state index in [9.17, 15) is 13.2 Å². The maximum Gasteiger partial charge on any atom is 0.243 e. The first-order valence-electron chi connectivity index (χ1n) is 9.22. The summed E-state index contributed by atoms with van der Waals surface area (Å²) in [4.78, 5) is 17.2. The lowest BCUT2D eigenvalue weighted by molar-refractivity contribution is -0.121. The Labute approximate surface area is 177 Å². The molecule has 0 bridgehead atoms. The second-order valence-electron chi connectivity index (χ2n) is 7.12. The van der Waals surface area contributed by atoms with Gasteiger partial charge in [0.2, 0.25) is 15.9 Å². The van der Waals surface area contributed by atoms with Gasteiger partial charge in [-0.05, 0) is 45.1 Å². The van der Waals surface area contributed by atoms with Gasteiger partial charge in [-0.3, -0.25) is 9.10 Å². The molecule has 2 rings (SSSR count). The van der Waals surface area contributed by atoms with Gasteiger partial charge in [0, 0.05) is 37.7 Å². The summed E-state index contributed by atoms with van der Waals surface area (Å²) in [5.74, 6) is -0.375. The first kappa shape index (κ1) is 23.2. The van der Waals surface area contributed by atoms with Crippen LogP contribution in [0.15, 0.2) is 18.2 Å². The average molecular weight is 451 g/mol. The Balaban J connectivity index is 1.95. The van der Waals surface area contributed by atoms with E-state index >= 15 is 0 Å². The van der Waals surface area contributed by atoms with E-state index in [1.807, 2.05) is 0 Å². The van der Waals surface area contributed by atoms with Gasteiger partial charge in [0.15, 0.2) is 0 Å². The minimum Gasteiger partial charge on any atom is -0.354 e. The molecule has 1 atom stereocenters. The molecule has 0 radical (unpaired) electrons. The molecular weight excluding hydrogens is 423 g/mol. The molecule has 1 unspecified atom stereocenters. The predicted octanol–water partition coefficient (Wildman–Crippen LogP) is 1.90. The van der Waals surface area contributed by atoms with Crippen molar-refractivity contribution in [1.82, 2.24) is 15.1 Å². The fraction of sp³-hybridized carbons (Fsp3) is 0.611. The van der Waals surface area contributed by atoms with Crippen molar-refractivity contribution < 1.29 is 13.2 Å². The number of amides is 1. The summed E-state index contributed by atoms with van der Waals surface area (Å²) in [5, 5.41) is 3.38.